The quantitative estimate of drug-likeness (QED) is 0.279. The maximum Gasteiger partial charge on any atom is 0.251 e. The number of aliphatic imine (C=N–C) groups is 2. The second kappa shape index (κ2) is 16.3. The van der Waals surface area contributed by atoms with Crippen LogP contribution in [0.4, 0.5) is 11.4 Å². The topological polar surface area (TPSA) is 201 Å². The van der Waals surface area contributed by atoms with Gasteiger partial charge in [-0.15, -0.1) is 0 Å². The second-order valence-corrected chi connectivity index (χ2v) is 26.1. The zero-order valence-electron chi connectivity index (χ0n) is 44.7. The van der Waals surface area contributed by atoms with Gasteiger partial charge in [0.2, 0.25) is 0 Å². The average Bonchev–Trinajstić information content (AvgIpc) is 3.10. The predicted molar refractivity (Wildman–Crippen MR) is 283 cm³/mol. The second-order valence-electron chi connectivity index (χ2n) is 26.1. The molecule has 12 aliphatic rings. The Morgan fingerprint density at radius 3 is 1.21 bits per heavy atom. The molecule has 2 aromatic rings. The molecule has 6 aliphatic heterocycles. The average molecular weight is 1020 g/mol. The van der Waals surface area contributed by atoms with Gasteiger partial charge in [-0.1, -0.05) is 75.9 Å². The molecule has 6 fully saturated rings. The van der Waals surface area contributed by atoms with Gasteiger partial charge in [0.15, 0.2) is 11.6 Å². The molecule has 12 bridgehead atoms. The lowest BCUT2D eigenvalue weighted by molar-refractivity contribution is -0.155. The first-order valence-corrected chi connectivity index (χ1v) is 28.1. The van der Waals surface area contributed by atoms with Crippen LogP contribution in [0.2, 0.25) is 0 Å². The van der Waals surface area contributed by atoms with Gasteiger partial charge in [-0.25, -0.2) is 9.98 Å². The van der Waals surface area contributed by atoms with Crippen LogP contribution in [0.1, 0.15) is 142 Å². The summed E-state index contributed by atoms with van der Waals surface area (Å²) in [5, 5.41) is 44.1. The van der Waals surface area contributed by atoms with Crippen molar-refractivity contribution in [3.8, 4) is 24.3 Å². The summed E-state index contributed by atoms with van der Waals surface area (Å²) in [6.07, 6.45) is 10.2. The number of fused-ring (bicyclic) bond motifs is 14. The summed E-state index contributed by atoms with van der Waals surface area (Å²) in [7, 11) is 0. The number of benzene rings is 2. The van der Waals surface area contributed by atoms with Gasteiger partial charge in [0, 0.05) is 59.0 Å². The summed E-state index contributed by atoms with van der Waals surface area (Å²) < 4.78 is 0. The van der Waals surface area contributed by atoms with Gasteiger partial charge in [-0.05, 0) is 137 Å². The molecule has 12 atom stereocenters. The van der Waals surface area contributed by atoms with E-state index in [9.17, 15) is 40.2 Å². The monoisotopic (exact) mass is 1010 g/mol. The van der Waals surface area contributed by atoms with Crippen LogP contribution in [0.3, 0.4) is 0 Å². The van der Waals surface area contributed by atoms with E-state index in [-0.39, 0.29) is 58.9 Å². The molecule has 0 spiro atoms. The van der Waals surface area contributed by atoms with E-state index in [1.54, 1.807) is 9.80 Å². The van der Waals surface area contributed by atoms with Crippen molar-refractivity contribution >= 4 is 46.4 Å². The van der Waals surface area contributed by atoms with Crippen LogP contribution in [-0.4, -0.2) is 69.5 Å². The number of Topliss-reactive ketones (excluding diaryl/α,β-unsaturated/α-hetero) is 2. The van der Waals surface area contributed by atoms with Crippen molar-refractivity contribution in [3.63, 3.8) is 0 Å². The molecular formula is C62H66N10O4. The van der Waals surface area contributed by atoms with E-state index in [1.807, 2.05) is 0 Å². The van der Waals surface area contributed by atoms with Crippen LogP contribution in [0.15, 0.2) is 80.8 Å². The van der Waals surface area contributed by atoms with Crippen LogP contribution in [0.25, 0.3) is 0 Å². The Bertz CT molecular complexity index is 3070. The van der Waals surface area contributed by atoms with Crippen molar-refractivity contribution in [2.24, 2.45) is 66.1 Å². The highest BCUT2D eigenvalue weighted by molar-refractivity contribution is 6.16. The number of ketones is 2. The molecular weight excluding hydrogens is 949 g/mol. The van der Waals surface area contributed by atoms with Gasteiger partial charge in [0.1, 0.15) is 58.0 Å². The van der Waals surface area contributed by atoms with Crippen molar-refractivity contribution in [3.05, 3.63) is 82.0 Å². The van der Waals surface area contributed by atoms with Crippen molar-refractivity contribution in [2.75, 3.05) is 9.80 Å². The molecule has 2 saturated carbocycles. The SMILES string of the molecule is Cc1ccc(N2[C@@H]3CCC[C@H]2N2C(=O)[C@@]4(C#N)[C@@H]5CCC[C@H]4C4=C(CC(C)(C)CC4=O)[C@]5(C#N)C2=N3)cc1.Cc1ccc(N2[C@@H]3CCC[C@H]2N=C2N3C(=O)[C@@]3(C#N)[C@@H]4CCC[C@H]3[C@@]2(C#N)C2=C4C(=O)CC(C)(C)C2)cc1. The minimum Gasteiger partial charge on any atom is -0.328 e. The molecule has 2 amide bonds. The Kier molecular flexibility index (Phi) is 10.5. The first-order chi connectivity index (χ1) is 36.4. The minimum absolute atomic E-state index is 0.0139. The number of carbonyl (C=O) groups is 4. The Labute approximate surface area is 445 Å². The molecule has 14 rings (SSSR count). The van der Waals surface area contributed by atoms with Gasteiger partial charge < -0.3 is 9.80 Å². The highest BCUT2D eigenvalue weighted by Gasteiger charge is 2.78. The third-order valence-corrected chi connectivity index (χ3v) is 20.7. The molecule has 4 saturated heterocycles. The zero-order valence-corrected chi connectivity index (χ0v) is 44.7. The molecule has 14 nitrogen and oxygen atoms in total. The summed E-state index contributed by atoms with van der Waals surface area (Å²) in [4.78, 5) is 75.6. The minimum atomic E-state index is -1.41. The maximum absolute atomic E-state index is 14.8. The Morgan fingerprint density at radius 1 is 0.487 bits per heavy atom. The number of rotatable bonds is 2. The van der Waals surface area contributed by atoms with Gasteiger partial charge in [-0.3, -0.25) is 29.0 Å². The summed E-state index contributed by atoms with van der Waals surface area (Å²) >= 11 is 0. The lowest BCUT2D eigenvalue weighted by atomic mass is 9.40. The molecule has 6 aliphatic carbocycles. The van der Waals surface area contributed by atoms with Gasteiger partial charge in [0.25, 0.3) is 11.8 Å². The number of amides is 2. The highest BCUT2D eigenvalue weighted by atomic mass is 16.2. The van der Waals surface area contributed by atoms with E-state index < -0.39 is 45.3 Å². The molecule has 76 heavy (non-hydrogen) atoms. The number of aryl methyl sites for hydroxylation is 2. The molecule has 0 N–H and O–H groups in total. The Hall–Kier alpha value is -6.90. The number of piperidine rings is 4. The number of allylic oxidation sites excluding steroid dienone is 2. The first-order valence-electron chi connectivity index (χ1n) is 28.1. The lowest BCUT2D eigenvalue weighted by Crippen LogP contribution is -2.77. The largest absolute Gasteiger partial charge is 0.328 e. The molecule has 2 aromatic carbocycles. The van der Waals surface area contributed by atoms with Crippen LogP contribution in [-0.2, 0) is 19.2 Å². The molecule has 6 heterocycles. The number of amidine groups is 2. The summed E-state index contributed by atoms with van der Waals surface area (Å²) in [6.45, 7) is 12.5. The fraction of sp³-hybridized carbons (Fsp3) is 0.581. The number of nitriles is 4. The molecule has 0 unspecified atom stereocenters. The van der Waals surface area contributed by atoms with E-state index in [0.717, 1.165) is 85.0 Å². The van der Waals surface area contributed by atoms with Crippen LogP contribution in [0.5, 0.6) is 0 Å². The first kappa shape index (κ1) is 48.7. The number of hydrogen-bond acceptors (Lipinski definition) is 12. The number of anilines is 2. The van der Waals surface area contributed by atoms with Crippen LogP contribution < -0.4 is 9.80 Å². The van der Waals surface area contributed by atoms with Crippen LogP contribution in [0, 0.1) is 115 Å². The fourth-order valence-electron chi connectivity index (χ4n) is 17.8. The van der Waals surface area contributed by atoms with Crippen molar-refractivity contribution < 1.29 is 19.2 Å². The van der Waals surface area contributed by atoms with E-state index in [2.05, 4.69) is 124 Å². The molecule has 388 valence electrons. The standard InChI is InChI=1S/2C31H33N5O2/c2*1-18-10-12-19(13-11-18)35-24-8-5-9-25(35)36-27(34-24)30(16-32)21-14-29(2,3)15-22(37)26(21)20-6-4-7-23(30)31(20,17-33)28(36)38/h2*10-13,20,23-25H,4-9,14-15H2,1-3H3/t2*20-,23+,24+,25+,30-,31+/m10/s1. The number of hydrogen-bond donors (Lipinski definition) is 0. The fourth-order valence-corrected chi connectivity index (χ4v) is 17.8. The van der Waals surface area contributed by atoms with E-state index in [4.69, 9.17) is 9.98 Å². The van der Waals surface area contributed by atoms with Gasteiger partial charge in [-0.2, -0.15) is 21.0 Å². The van der Waals surface area contributed by atoms with Gasteiger partial charge in [0.05, 0.1) is 24.3 Å². The smallest absolute Gasteiger partial charge is 0.251 e. The van der Waals surface area contributed by atoms with E-state index in [1.165, 1.54) is 0 Å². The third-order valence-electron chi connectivity index (χ3n) is 20.7. The number of nitrogens with zero attached hydrogens (tertiary/aromatic N) is 10. The highest BCUT2D eigenvalue weighted by Crippen LogP contribution is 2.71. The third kappa shape index (κ3) is 6.00. The van der Waals surface area contributed by atoms with Crippen molar-refractivity contribution in [1.29, 1.82) is 21.0 Å². The molecule has 14 heteroatoms. The Morgan fingerprint density at radius 2 is 0.855 bits per heavy atom. The van der Waals surface area contributed by atoms with E-state index in [0.29, 0.717) is 74.2 Å². The predicted octanol–water partition coefficient (Wildman–Crippen LogP) is 10.1. The number of carbonyl (C=O) groups excluding carboxylic acids is 4. The lowest BCUT2D eigenvalue weighted by Gasteiger charge is -2.65. The Balaban J connectivity index is 0.000000146. The zero-order chi connectivity index (χ0) is 53.2. The maximum atomic E-state index is 14.8. The summed E-state index contributed by atoms with van der Waals surface area (Å²) in [6, 6.07) is 27.0. The van der Waals surface area contributed by atoms with Crippen LogP contribution >= 0.6 is 0 Å². The molecule has 0 radical (unpaired) electrons. The van der Waals surface area contributed by atoms with Gasteiger partial charge >= 0.3 is 0 Å². The van der Waals surface area contributed by atoms with Crippen molar-refractivity contribution in [2.45, 2.75) is 169 Å². The summed E-state index contributed by atoms with van der Waals surface area (Å²) in [5.41, 5.74) is 1.43. The normalized spacial score (nSPS) is 38.5. The van der Waals surface area contributed by atoms with E-state index >= 15 is 0 Å². The molecule has 0 aromatic heterocycles. The summed E-state index contributed by atoms with van der Waals surface area (Å²) in [5.74, 6) is -1.28. The van der Waals surface area contributed by atoms with Crippen molar-refractivity contribution in [1.82, 2.24) is 9.80 Å².